The van der Waals surface area contributed by atoms with Gasteiger partial charge < -0.3 is 14.8 Å². The van der Waals surface area contributed by atoms with E-state index in [0.29, 0.717) is 11.1 Å². The van der Waals surface area contributed by atoms with Gasteiger partial charge in [0.1, 0.15) is 0 Å². The SMILES string of the molecule is CC1=C[C@H](O/C=C2/C(=O)N[C@@H]3c4ccccc4C[C@H]23)OC1=O. The molecule has 1 N–H and O–H groups in total. The fraction of sp³-hybridized carbons (Fsp3) is 0.294. The Bertz CT molecular complexity index is 734. The largest absolute Gasteiger partial charge is 0.458 e. The van der Waals surface area contributed by atoms with Crippen molar-refractivity contribution in [3.05, 3.63) is 58.9 Å². The number of nitrogens with one attached hydrogen (secondary N) is 1. The van der Waals surface area contributed by atoms with Gasteiger partial charge in [0.15, 0.2) is 0 Å². The van der Waals surface area contributed by atoms with Crippen LogP contribution in [0.15, 0.2) is 47.7 Å². The van der Waals surface area contributed by atoms with E-state index in [2.05, 4.69) is 17.4 Å². The Morgan fingerprint density at radius 3 is 2.91 bits per heavy atom. The maximum atomic E-state index is 12.1. The van der Waals surface area contributed by atoms with Crippen LogP contribution in [0.2, 0.25) is 0 Å². The number of esters is 1. The van der Waals surface area contributed by atoms with Crippen LogP contribution in [-0.2, 0) is 25.5 Å². The summed E-state index contributed by atoms with van der Waals surface area (Å²) in [6.07, 6.45) is 3.12. The van der Waals surface area contributed by atoms with Crippen molar-refractivity contribution in [2.45, 2.75) is 25.7 Å². The van der Waals surface area contributed by atoms with Gasteiger partial charge in [0.25, 0.3) is 12.2 Å². The van der Waals surface area contributed by atoms with E-state index in [4.69, 9.17) is 9.47 Å². The van der Waals surface area contributed by atoms with Crippen LogP contribution in [0.25, 0.3) is 0 Å². The Morgan fingerprint density at radius 1 is 1.32 bits per heavy atom. The van der Waals surface area contributed by atoms with Gasteiger partial charge in [-0.25, -0.2) is 4.79 Å². The number of amides is 1. The lowest BCUT2D eigenvalue weighted by atomic mass is 9.97. The van der Waals surface area contributed by atoms with Crippen molar-refractivity contribution in [1.29, 1.82) is 0 Å². The molecule has 0 bridgehead atoms. The van der Waals surface area contributed by atoms with E-state index >= 15 is 0 Å². The molecule has 4 rings (SSSR count). The van der Waals surface area contributed by atoms with E-state index in [-0.39, 0.29) is 23.8 Å². The molecule has 2 aliphatic heterocycles. The molecule has 2 heterocycles. The smallest absolute Gasteiger partial charge is 0.336 e. The van der Waals surface area contributed by atoms with Gasteiger partial charge in [-0.05, 0) is 24.5 Å². The van der Waals surface area contributed by atoms with E-state index < -0.39 is 6.29 Å². The number of cyclic esters (lactones) is 1. The molecular formula is C17H15NO4. The highest BCUT2D eigenvalue weighted by Crippen LogP contribution is 2.44. The Balaban J connectivity index is 1.55. The van der Waals surface area contributed by atoms with E-state index in [0.717, 1.165) is 6.42 Å². The summed E-state index contributed by atoms with van der Waals surface area (Å²) >= 11 is 0. The fourth-order valence-electron chi connectivity index (χ4n) is 3.31. The zero-order chi connectivity index (χ0) is 15.3. The first-order chi connectivity index (χ1) is 10.6. The van der Waals surface area contributed by atoms with Gasteiger partial charge in [-0.1, -0.05) is 24.3 Å². The molecule has 22 heavy (non-hydrogen) atoms. The van der Waals surface area contributed by atoms with Gasteiger partial charge in [0.2, 0.25) is 0 Å². The lowest BCUT2D eigenvalue weighted by molar-refractivity contribution is -0.152. The minimum atomic E-state index is -0.740. The summed E-state index contributed by atoms with van der Waals surface area (Å²) in [4.78, 5) is 23.5. The molecule has 5 heteroatoms. The zero-order valence-corrected chi connectivity index (χ0v) is 12.0. The van der Waals surface area contributed by atoms with Gasteiger partial charge in [0, 0.05) is 17.6 Å². The minimum absolute atomic E-state index is 0.0157. The summed E-state index contributed by atoms with van der Waals surface area (Å²) in [5, 5.41) is 3.00. The molecule has 5 nitrogen and oxygen atoms in total. The third-order valence-electron chi connectivity index (χ3n) is 4.44. The Hall–Kier alpha value is -2.56. The first kappa shape index (κ1) is 13.1. The molecule has 0 aromatic heterocycles. The van der Waals surface area contributed by atoms with Crippen LogP contribution in [0.4, 0.5) is 0 Å². The van der Waals surface area contributed by atoms with Gasteiger partial charge in [-0.3, -0.25) is 4.79 Å². The van der Waals surface area contributed by atoms with Gasteiger partial charge in [-0.15, -0.1) is 0 Å². The lowest BCUT2D eigenvalue weighted by Gasteiger charge is -2.11. The van der Waals surface area contributed by atoms with Crippen molar-refractivity contribution in [2.75, 3.05) is 0 Å². The minimum Gasteiger partial charge on any atom is -0.458 e. The normalized spacial score (nSPS) is 30.7. The van der Waals surface area contributed by atoms with Crippen LogP contribution in [0, 0.1) is 5.92 Å². The molecule has 1 aromatic carbocycles. The van der Waals surface area contributed by atoms with Crippen LogP contribution in [0.3, 0.4) is 0 Å². The quantitative estimate of drug-likeness (QED) is 0.513. The molecule has 0 spiro atoms. The fourth-order valence-corrected chi connectivity index (χ4v) is 3.31. The summed E-state index contributed by atoms with van der Waals surface area (Å²) in [7, 11) is 0. The summed E-state index contributed by atoms with van der Waals surface area (Å²) < 4.78 is 10.5. The molecule has 3 aliphatic rings. The maximum absolute atomic E-state index is 12.1. The second kappa shape index (κ2) is 4.73. The highest BCUT2D eigenvalue weighted by Gasteiger charge is 2.44. The van der Waals surface area contributed by atoms with Crippen LogP contribution < -0.4 is 5.32 Å². The van der Waals surface area contributed by atoms with E-state index in [1.165, 1.54) is 17.4 Å². The zero-order valence-electron chi connectivity index (χ0n) is 12.0. The highest BCUT2D eigenvalue weighted by molar-refractivity contribution is 5.97. The van der Waals surface area contributed by atoms with Crippen LogP contribution in [0.1, 0.15) is 24.1 Å². The Kier molecular flexibility index (Phi) is 2.82. The monoisotopic (exact) mass is 297 g/mol. The molecule has 1 amide bonds. The first-order valence-electron chi connectivity index (χ1n) is 7.27. The van der Waals surface area contributed by atoms with Crippen molar-refractivity contribution in [3.8, 4) is 0 Å². The molecule has 112 valence electrons. The number of fused-ring (bicyclic) bond motifs is 3. The number of ether oxygens (including phenoxy) is 2. The van der Waals surface area contributed by atoms with E-state index in [1.54, 1.807) is 13.0 Å². The topological polar surface area (TPSA) is 64.6 Å². The number of benzene rings is 1. The van der Waals surface area contributed by atoms with Crippen molar-refractivity contribution in [2.24, 2.45) is 5.92 Å². The maximum Gasteiger partial charge on any atom is 0.336 e. The highest BCUT2D eigenvalue weighted by atomic mass is 16.7. The van der Waals surface area contributed by atoms with Gasteiger partial charge in [0.05, 0.1) is 17.9 Å². The van der Waals surface area contributed by atoms with Gasteiger partial charge in [-0.2, -0.15) is 0 Å². The standard InChI is InChI=1S/C17H15NO4/c1-9-6-14(22-17(9)20)21-8-13-12-7-10-4-2-3-5-11(10)15(12)18-16(13)19/h2-6,8,12,14-15H,7H2,1H3,(H,18,19)/b13-8+/t12-,14-,15-/m1/s1. The lowest BCUT2D eigenvalue weighted by Crippen LogP contribution is -2.19. The van der Waals surface area contributed by atoms with E-state index in [9.17, 15) is 9.59 Å². The number of hydrogen-bond acceptors (Lipinski definition) is 4. The average Bonchev–Trinajstić information content (AvgIpc) is 3.10. The molecule has 0 radical (unpaired) electrons. The molecule has 1 saturated heterocycles. The number of rotatable bonds is 2. The Morgan fingerprint density at radius 2 is 2.14 bits per heavy atom. The summed E-state index contributed by atoms with van der Waals surface area (Å²) in [5.41, 5.74) is 3.55. The Labute approximate surface area is 127 Å². The molecule has 0 unspecified atom stereocenters. The van der Waals surface area contributed by atoms with Crippen LogP contribution in [-0.4, -0.2) is 18.2 Å². The first-order valence-corrected chi connectivity index (χ1v) is 7.27. The average molecular weight is 297 g/mol. The summed E-state index contributed by atoms with van der Waals surface area (Å²) in [6, 6.07) is 8.14. The molecular weight excluding hydrogens is 282 g/mol. The van der Waals surface area contributed by atoms with Crippen molar-refractivity contribution < 1.29 is 19.1 Å². The van der Waals surface area contributed by atoms with Crippen molar-refractivity contribution >= 4 is 11.9 Å². The second-order valence-corrected chi connectivity index (χ2v) is 5.79. The molecule has 3 atom stereocenters. The number of carbonyl (C=O) groups is 2. The number of carbonyl (C=O) groups excluding carboxylic acids is 2. The summed E-state index contributed by atoms with van der Waals surface area (Å²) in [5.74, 6) is -0.424. The van der Waals surface area contributed by atoms with Crippen molar-refractivity contribution in [1.82, 2.24) is 5.32 Å². The van der Waals surface area contributed by atoms with Crippen LogP contribution in [0.5, 0.6) is 0 Å². The predicted octanol–water partition coefficient (Wildman–Crippen LogP) is 1.76. The predicted molar refractivity (Wildman–Crippen MR) is 77.3 cm³/mol. The third-order valence-corrected chi connectivity index (χ3v) is 4.44. The van der Waals surface area contributed by atoms with Gasteiger partial charge >= 0.3 is 5.97 Å². The summed E-state index contributed by atoms with van der Waals surface area (Å²) in [6.45, 7) is 1.67. The molecule has 1 aliphatic carbocycles. The second-order valence-electron chi connectivity index (χ2n) is 5.79. The third kappa shape index (κ3) is 1.93. The molecule has 1 aromatic rings. The van der Waals surface area contributed by atoms with Crippen molar-refractivity contribution in [3.63, 3.8) is 0 Å². The van der Waals surface area contributed by atoms with Crippen LogP contribution >= 0.6 is 0 Å². The molecule has 1 fully saturated rings. The number of hydrogen-bond donors (Lipinski definition) is 1. The van der Waals surface area contributed by atoms with E-state index in [1.807, 2.05) is 12.1 Å². The molecule has 0 saturated carbocycles.